The van der Waals surface area contributed by atoms with E-state index in [1.54, 1.807) is 0 Å². The highest BCUT2D eigenvalue weighted by molar-refractivity contribution is 9.10. The third-order valence-corrected chi connectivity index (χ3v) is 3.70. The van der Waals surface area contributed by atoms with E-state index in [0.717, 1.165) is 15.7 Å². The molecule has 0 saturated carbocycles. The Balaban J connectivity index is 2.25. The number of aryl methyl sites for hydroxylation is 1. The second kappa shape index (κ2) is 6.42. The predicted molar refractivity (Wildman–Crippen MR) is 83.8 cm³/mol. The number of halogens is 2. The van der Waals surface area contributed by atoms with E-state index in [2.05, 4.69) is 21.2 Å². The van der Waals surface area contributed by atoms with Crippen LogP contribution in [0.25, 0.3) is 0 Å². The lowest BCUT2D eigenvalue weighted by atomic mass is 10.1. The lowest BCUT2D eigenvalue weighted by Crippen LogP contribution is -2.15. The van der Waals surface area contributed by atoms with Gasteiger partial charge in [-0.05, 0) is 42.3 Å². The second-order valence-electron chi connectivity index (χ2n) is 4.41. The molecule has 2 N–H and O–H groups in total. The highest BCUT2D eigenvalue weighted by Gasteiger charge is 2.14. The number of hydrogen-bond donors (Lipinski definition) is 2. The Labute approximate surface area is 126 Å². The molecular formula is C15H15BrClNO. The zero-order valence-electron chi connectivity index (χ0n) is 10.5. The summed E-state index contributed by atoms with van der Waals surface area (Å²) in [7, 11) is 0. The summed E-state index contributed by atoms with van der Waals surface area (Å²) < 4.78 is 0.925. The molecule has 0 spiro atoms. The van der Waals surface area contributed by atoms with Gasteiger partial charge < -0.3 is 10.4 Å². The van der Waals surface area contributed by atoms with Crippen molar-refractivity contribution >= 4 is 33.2 Å². The zero-order chi connectivity index (χ0) is 13.8. The maximum absolute atomic E-state index is 9.57. The van der Waals surface area contributed by atoms with Crippen molar-refractivity contribution in [3.05, 3.63) is 63.1 Å². The Bertz CT molecular complexity index is 574. The molecular weight excluding hydrogens is 326 g/mol. The van der Waals surface area contributed by atoms with Crippen LogP contribution < -0.4 is 5.32 Å². The SMILES string of the molecule is Cc1cccc(NC(CO)c2ccc(Br)cc2Cl)c1. The van der Waals surface area contributed by atoms with Crippen LogP contribution in [0.2, 0.25) is 5.02 Å². The molecule has 2 aromatic rings. The molecule has 2 aromatic carbocycles. The highest BCUT2D eigenvalue weighted by Crippen LogP contribution is 2.28. The molecule has 1 atom stereocenters. The summed E-state index contributed by atoms with van der Waals surface area (Å²) in [6.45, 7) is 2.01. The first kappa shape index (κ1) is 14.4. The van der Waals surface area contributed by atoms with E-state index in [4.69, 9.17) is 11.6 Å². The van der Waals surface area contributed by atoms with Gasteiger partial charge in [0.2, 0.25) is 0 Å². The van der Waals surface area contributed by atoms with Crippen molar-refractivity contribution in [3.8, 4) is 0 Å². The van der Waals surface area contributed by atoms with Crippen molar-refractivity contribution in [1.29, 1.82) is 0 Å². The molecule has 0 fully saturated rings. The predicted octanol–water partition coefficient (Wildman–Crippen LogP) is 4.56. The smallest absolute Gasteiger partial charge is 0.0759 e. The summed E-state index contributed by atoms with van der Waals surface area (Å²) in [6.07, 6.45) is 0. The number of hydrogen-bond acceptors (Lipinski definition) is 2. The van der Waals surface area contributed by atoms with E-state index in [9.17, 15) is 5.11 Å². The molecule has 4 heteroatoms. The maximum Gasteiger partial charge on any atom is 0.0759 e. The Morgan fingerprint density at radius 2 is 2.05 bits per heavy atom. The minimum Gasteiger partial charge on any atom is -0.394 e. The molecule has 0 aliphatic rings. The van der Waals surface area contributed by atoms with Gasteiger partial charge in [-0.2, -0.15) is 0 Å². The Kier molecular flexibility index (Phi) is 4.86. The third kappa shape index (κ3) is 3.72. The summed E-state index contributed by atoms with van der Waals surface area (Å²) in [5.41, 5.74) is 3.02. The molecule has 0 bridgehead atoms. The average Bonchev–Trinajstić information content (AvgIpc) is 2.37. The van der Waals surface area contributed by atoms with Crippen LogP contribution in [0, 0.1) is 6.92 Å². The first-order chi connectivity index (χ1) is 9.10. The fraction of sp³-hybridized carbons (Fsp3) is 0.200. The Morgan fingerprint density at radius 3 is 2.68 bits per heavy atom. The van der Waals surface area contributed by atoms with Gasteiger partial charge in [-0.25, -0.2) is 0 Å². The molecule has 0 aliphatic carbocycles. The van der Waals surface area contributed by atoms with E-state index in [1.165, 1.54) is 5.56 Å². The first-order valence-corrected chi connectivity index (χ1v) is 7.16. The average molecular weight is 341 g/mol. The van der Waals surface area contributed by atoms with Crippen molar-refractivity contribution in [2.24, 2.45) is 0 Å². The molecule has 0 amide bonds. The number of aliphatic hydroxyl groups excluding tert-OH is 1. The number of nitrogens with one attached hydrogen (secondary N) is 1. The number of anilines is 1. The van der Waals surface area contributed by atoms with Gasteiger partial charge in [0.1, 0.15) is 0 Å². The summed E-state index contributed by atoms with van der Waals surface area (Å²) in [5.74, 6) is 0. The Morgan fingerprint density at radius 1 is 1.26 bits per heavy atom. The van der Waals surface area contributed by atoms with Crippen molar-refractivity contribution < 1.29 is 5.11 Å². The van der Waals surface area contributed by atoms with E-state index in [-0.39, 0.29) is 12.6 Å². The van der Waals surface area contributed by atoms with Crippen LogP contribution in [-0.4, -0.2) is 11.7 Å². The third-order valence-electron chi connectivity index (χ3n) is 2.88. The van der Waals surface area contributed by atoms with Crippen molar-refractivity contribution in [2.45, 2.75) is 13.0 Å². The minimum absolute atomic E-state index is 0.0186. The van der Waals surface area contributed by atoms with Gasteiger partial charge in [0, 0.05) is 15.2 Å². The monoisotopic (exact) mass is 339 g/mol. The molecule has 0 heterocycles. The topological polar surface area (TPSA) is 32.3 Å². The van der Waals surface area contributed by atoms with Gasteiger partial charge in [0.15, 0.2) is 0 Å². The number of benzene rings is 2. The second-order valence-corrected chi connectivity index (χ2v) is 5.74. The van der Waals surface area contributed by atoms with Crippen molar-refractivity contribution in [3.63, 3.8) is 0 Å². The molecule has 1 unspecified atom stereocenters. The zero-order valence-corrected chi connectivity index (χ0v) is 12.9. The molecule has 19 heavy (non-hydrogen) atoms. The molecule has 0 radical (unpaired) electrons. The molecule has 0 aromatic heterocycles. The highest BCUT2D eigenvalue weighted by atomic mass is 79.9. The van der Waals surface area contributed by atoms with Gasteiger partial charge >= 0.3 is 0 Å². The maximum atomic E-state index is 9.57. The minimum atomic E-state index is -0.220. The summed E-state index contributed by atoms with van der Waals surface area (Å²) in [5, 5.41) is 13.5. The van der Waals surface area contributed by atoms with Crippen molar-refractivity contribution in [2.75, 3.05) is 11.9 Å². The van der Waals surface area contributed by atoms with Crippen LogP contribution in [0.4, 0.5) is 5.69 Å². The van der Waals surface area contributed by atoms with Gasteiger partial charge in [-0.1, -0.05) is 45.7 Å². The Hall–Kier alpha value is -1.03. The van der Waals surface area contributed by atoms with Gasteiger partial charge in [0.05, 0.1) is 12.6 Å². The van der Waals surface area contributed by atoms with Crippen LogP contribution in [-0.2, 0) is 0 Å². The van der Waals surface area contributed by atoms with Gasteiger partial charge in [-0.15, -0.1) is 0 Å². The van der Waals surface area contributed by atoms with E-state index >= 15 is 0 Å². The quantitative estimate of drug-likeness (QED) is 0.855. The lowest BCUT2D eigenvalue weighted by Gasteiger charge is -2.19. The number of aliphatic hydroxyl groups is 1. The fourth-order valence-corrected chi connectivity index (χ4v) is 2.75. The molecule has 2 nitrogen and oxygen atoms in total. The molecule has 100 valence electrons. The van der Waals surface area contributed by atoms with Crippen LogP contribution in [0.3, 0.4) is 0 Å². The normalized spacial score (nSPS) is 12.2. The molecule has 0 saturated heterocycles. The van der Waals surface area contributed by atoms with Crippen LogP contribution >= 0.6 is 27.5 Å². The van der Waals surface area contributed by atoms with E-state index in [0.29, 0.717) is 5.02 Å². The first-order valence-electron chi connectivity index (χ1n) is 5.99. The molecule has 0 aliphatic heterocycles. The van der Waals surface area contributed by atoms with Crippen LogP contribution in [0.15, 0.2) is 46.9 Å². The van der Waals surface area contributed by atoms with Crippen molar-refractivity contribution in [1.82, 2.24) is 0 Å². The summed E-state index contributed by atoms with van der Waals surface area (Å²) in [6, 6.07) is 13.5. The standard InChI is InChI=1S/C15H15BrClNO/c1-10-3-2-4-12(7-10)18-15(9-19)13-6-5-11(16)8-14(13)17/h2-8,15,18-19H,9H2,1H3. The summed E-state index contributed by atoms with van der Waals surface area (Å²) in [4.78, 5) is 0. The number of rotatable bonds is 4. The van der Waals surface area contributed by atoms with E-state index in [1.807, 2.05) is 49.4 Å². The fourth-order valence-electron chi connectivity index (χ4n) is 1.94. The van der Waals surface area contributed by atoms with Crippen LogP contribution in [0.5, 0.6) is 0 Å². The van der Waals surface area contributed by atoms with Crippen LogP contribution in [0.1, 0.15) is 17.2 Å². The summed E-state index contributed by atoms with van der Waals surface area (Å²) >= 11 is 9.60. The largest absolute Gasteiger partial charge is 0.394 e. The molecule has 2 rings (SSSR count). The van der Waals surface area contributed by atoms with Gasteiger partial charge in [0.25, 0.3) is 0 Å². The lowest BCUT2D eigenvalue weighted by molar-refractivity contribution is 0.276. The van der Waals surface area contributed by atoms with E-state index < -0.39 is 0 Å². The van der Waals surface area contributed by atoms with Gasteiger partial charge in [-0.3, -0.25) is 0 Å².